The van der Waals surface area contributed by atoms with Gasteiger partial charge in [0.05, 0.1) is 18.5 Å². The monoisotopic (exact) mass is 397 g/mol. The number of aryl methyl sites for hydroxylation is 1. The molecule has 0 aromatic carbocycles. The lowest BCUT2D eigenvalue weighted by atomic mass is 9.92. The molecule has 0 amide bonds. The molecule has 8 heteroatoms. The van der Waals surface area contributed by atoms with E-state index in [1.807, 2.05) is 44.1 Å². The third-order valence-electron chi connectivity index (χ3n) is 6.07. The van der Waals surface area contributed by atoms with Gasteiger partial charge in [0, 0.05) is 65.4 Å². The Kier molecular flexibility index (Phi) is 3.47. The molecule has 4 aromatic heterocycles. The number of H-pyrrole nitrogens is 2. The molecule has 0 atom stereocenters. The first-order valence-corrected chi connectivity index (χ1v) is 9.91. The molecule has 6 rings (SSSR count). The van der Waals surface area contributed by atoms with Gasteiger partial charge in [-0.2, -0.15) is 5.10 Å². The van der Waals surface area contributed by atoms with Crippen LogP contribution in [0.25, 0.3) is 22.2 Å². The van der Waals surface area contributed by atoms with Crippen LogP contribution < -0.4 is 5.56 Å². The van der Waals surface area contributed by atoms with Gasteiger partial charge >= 0.3 is 0 Å². The van der Waals surface area contributed by atoms with Crippen molar-refractivity contribution >= 4 is 22.6 Å². The van der Waals surface area contributed by atoms with Gasteiger partial charge in [0.2, 0.25) is 5.56 Å². The third-order valence-corrected chi connectivity index (χ3v) is 6.07. The Hall–Kier alpha value is -3.81. The van der Waals surface area contributed by atoms with Crippen LogP contribution in [0.1, 0.15) is 24.0 Å². The minimum Gasteiger partial charge on any atom is -0.345 e. The quantitative estimate of drug-likeness (QED) is 0.553. The molecule has 1 aliphatic heterocycles. The summed E-state index contributed by atoms with van der Waals surface area (Å²) >= 11 is 0. The first kappa shape index (κ1) is 17.1. The lowest BCUT2D eigenvalue weighted by Crippen LogP contribution is -2.23. The Morgan fingerprint density at radius 1 is 1.10 bits per heavy atom. The highest BCUT2D eigenvalue weighted by Crippen LogP contribution is 2.50. The van der Waals surface area contributed by atoms with Gasteiger partial charge in [0.15, 0.2) is 5.84 Å². The van der Waals surface area contributed by atoms with Gasteiger partial charge in [-0.15, -0.1) is 0 Å². The van der Waals surface area contributed by atoms with Gasteiger partial charge < -0.3 is 9.97 Å². The summed E-state index contributed by atoms with van der Waals surface area (Å²) in [4.78, 5) is 31.7. The average Bonchev–Trinajstić information content (AvgIpc) is 3.10. The maximum atomic E-state index is 11.4. The van der Waals surface area contributed by atoms with Crippen LogP contribution in [-0.4, -0.2) is 42.8 Å². The maximum absolute atomic E-state index is 11.4. The van der Waals surface area contributed by atoms with E-state index in [4.69, 9.17) is 9.98 Å². The number of nitrogens with zero attached hydrogens (tertiary/aromatic N) is 5. The summed E-state index contributed by atoms with van der Waals surface area (Å²) in [6.07, 6.45) is 11.4. The van der Waals surface area contributed by atoms with Crippen molar-refractivity contribution in [3.8, 4) is 11.1 Å². The lowest BCUT2D eigenvalue weighted by molar-refractivity contribution is 0.768. The number of fused-ring (bicyclic) bond motifs is 1. The standard InChI is InChI=1S/C22H19N7O/c1-29-12-14(8-27-29)13-6-16-17(10-25-20(16)24-7-13)21-26-11-18(28-21)22(4-5-22)15-2-3-19(30)23-9-15/h2-3,6-10,12H,4-5,11H2,1H3,(H,23,30)(H,24,25). The molecule has 5 heterocycles. The van der Waals surface area contributed by atoms with Gasteiger partial charge in [-0.25, -0.2) is 9.98 Å². The van der Waals surface area contributed by atoms with Gasteiger partial charge in [0.25, 0.3) is 0 Å². The fourth-order valence-electron chi connectivity index (χ4n) is 4.25. The summed E-state index contributed by atoms with van der Waals surface area (Å²) in [5, 5.41) is 5.25. The third kappa shape index (κ3) is 2.57. The second-order valence-corrected chi connectivity index (χ2v) is 7.95. The SMILES string of the molecule is Cn1cc(-c2cnc3[nH]cc(C4=NCC(C5(c6ccc(=O)[nH]c6)CC5)=N4)c3c2)cn1. The van der Waals surface area contributed by atoms with E-state index in [0.717, 1.165) is 57.7 Å². The van der Waals surface area contributed by atoms with Crippen molar-refractivity contribution in [2.24, 2.45) is 17.0 Å². The normalized spacial score (nSPS) is 17.2. The number of pyridine rings is 2. The molecule has 1 saturated carbocycles. The molecule has 0 unspecified atom stereocenters. The highest BCUT2D eigenvalue weighted by atomic mass is 16.1. The van der Waals surface area contributed by atoms with Gasteiger partial charge in [0.1, 0.15) is 5.65 Å². The van der Waals surface area contributed by atoms with Crippen LogP contribution in [0.2, 0.25) is 0 Å². The smallest absolute Gasteiger partial charge is 0.247 e. The van der Waals surface area contributed by atoms with E-state index in [-0.39, 0.29) is 11.0 Å². The van der Waals surface area contributed by atoms with Gasteiger partial charge in [-0.1, -0.05) is 6.07 Å². The van der Waals surface area contributed by atoms with E-state index < -0.39 is 0 Å². The van der Waals surface area contributed by atoms with Crippen LogP contribution in [-0.2, 0) is 12.5 Å². The molecular formula is C22H19N7O. The predicted octanol–water partition coefficient (Wildman–Crippen LogP) is 2.58. The summed E-state index contributed by atoms with van der Waals surface area (Å²) < 4.78 is 1.78. The maximum Gasteiger partial charge on any atom is 0.247 e. The largest absolute Gasteiger partial charge is 0.345 e. The first-order chi connectivity index (χ1) is 14.6. The number of hydrogen-bond donors (Lipinski definition) is 2. The highest BCUT2D eigenvalue weighted by molar-refractivity contribution is 6.19. The second-order valence-electron chi connectivity index (χ2n) is 7.95. The number of nitrogens with one attached hydrogen (secondary N) is 2. The second kappa shape index (κ2) is 6.09. The molecule has 30 heavy (non-hydrogen) atoms. The number of aromatic nitrogens is 5. The molecule has 148 valence electrons. The van der Waals surface area contributed by atoms with Crippen molar-refractivity contribution in [2.75, 3.05) is 6.54 Å². The minimum absolute atomic E-state index is 0.0874. The molecule has 0 bridgehead atoms. The van der Waals surface area contributed by atoms with E-state index in [9.17, 15) is 4.79 Å². The lowest BCUT2D eigenvalue weighted by Gasteiger charge is -2.14. The van der Waals surface area contributed by atoms with Crippen LogP contribution in [0.3, 0.4) is 0 Å². The van der Waals surface area contributed by atoms with Crippen molar-refractivity contribution in [3.05, 3.63) is 70.7 Å². The molecule has 4 aromatic rings. The summed E-state index contributed by atoms with van der Waals surface area (Å²) in [6.45, 7) is 0.580. The van der Waals surface area contributed by atoms with E-state index in [1.165, 1.54) is 0 Å². The molecule has 2 N–H and O–H groups in total. The van der Waals surface area contributed by atoms with Crippen LogP contribution in [0, 0.1) is 0 Å². The zero-order valence-corrected chi connectivity index (χ0v) is 16.4. The Morgan fingerprint density at radius 3 is 2.73 bits per heavy atom. The predicted molar refractivity (Wildman–Crippen MR) is 115 cm³/mol. The Morgan fingerprint density at radius 2 is 2.00 bits per heavy atom. The highest BCUT2D eigenvalue weighted by Gasteiger charge is 2.49. The fourth-order valence-corrected chi connectivity index (χ4v) is 4.25. The molecule has 0 radical (unpaired) electrons. The molecular weight excluding hydrogens is 378 g/mol. The van der Waals surface area contributed by atoms with E-state index in [1.54, 1.807) is 10.7 Å². The van der Waals surface area contributed by atoms with Gasteiger partial charge in [-0.05, 0) is 24.5 Å². The topological polar surface area (TPSA) is 104 Å². The Labute approximate surface area is 171 Å². The number of rotatable bonds is 4. The van der Waals surface area contributed by atoms with Crippen molar-refractivity contribution in [2.45, 2.75) is 18.3 Å². The Balaban J connectivity index is 1.38. The van der Waals surface area contributed by atoms with Crippen LogP contribution in [0.15, 0.2) is 64.0 Å². The number of amidine groups is 1. The van der Waals surface area contributed by atoms with Crippen molar-refractivity contribution < 1.29 is 0 Å². The number of aromatic amines is 2. The fraction of sp³-hybridized carbons (Fsp3) is 0.227. The summed E-state index contributed by atoms with van der Waals surface area (Å²) in [6, 6.07) is 5.59. The van der Waals surface area contributed by atoms with Gasteiger partial charge in [-0.3, -0.25) is 14.5 Å². The molecule has 8 nitrogen and oxygen atoms in total. The summed E-state index contributed by atoms with van der Waals surface area (Å²) in [7, 11) is 1.90. The molecule has 2 aliphatic rings. The Bertz CT molecular complexity index is 1390. The average molecular weight is 397 g/mol. The zero-order valence-electron chi connectivity index (χ0n) is 16.4. The zero-order chi connectivity index (χ0) is 20.3. The van der Waals surface area contributed by atoms with E-state index in [2.05, 4.69) is 26.1 Å². The van der Waals surface area contributed by atoms with E-state index in [0.29, 0.717) is 6.54 Å². The number of hydrogen-bond acceptors (Lipinski definition) is 5. The van der Waals surface area contributed by atoms with Crippen LogP contribution in [0.5, 0.6) is 0 Å². The summed E-state index contributed by atoms with van der Waals surface area (Å²) in [5.74, 6) is 0.733. The molecule has 1 aliphatic carbocycles. The van der Waals surface area contributed by atoms with Crippen molar-refractivity contribution in [1.82, 2.24) is 24.7 Å². The van der Waals surface area contributed by atoms with Crippen molar-refractivity contribution in [3.63, 3.8) is 0 Å². The van der Waals surface area contributed by atoms with E-state index >= 15 is 0 Å². The first-order valence-electron chi connectivity index (χ1n) is 9.91. The molecule has 0 spiro atoms. The minimum atomic E-state index is -0.0965. The molecule has 0 saturated heterocycles. The van der Waals surface area contributed by atoms with Crippen molar-refractivity contribution in [1.29, 1.82) is 0 Å². The summed E-state index contributed by atoms with van der Waals surface area (Å²) in [5.41, 5.74) is 5.78. The van der Waals surface area contributed by atoms with Crippen LogP contribution in [0.4, 0.5) is 0 Å². The van der Waals surface area contributed by atoms with Crippen LogP contribution >= 0.6 is 0 Å². The number of aliphatic imine (C=N–C) groups is 2. The molecule has 1 fully saturated rings.